The minimum absolute atomic E-state index is 0.115. The van der Waals surface area contributed by atoms with Crippen molar-refractivity contribution in [2.24, 2.45) is 0 Å². The minimum Gasteiger partial charge on any atom is -0.354 e. The van der Waals surface area contributed by atoms with Gasteiger partial charge in [-0.1, -0.05) is 17.7 Å². The zero-order valence-electron chi connectivity index (χ0n) is 16.8. The molecule has 1 aliphatic heterocycles. The van der Waals surface area contributed by atoms with Gasteiger partial charge < -0.3 is 10.2 Å². The highest BCUT2D eigenvalue weighted by molar-refractivity contribution is 7.89. The van der Waals surface area contributed by atoms with E-state index in [4.69, 9.17) is 0 Å². The van der Waals surface area contributed by atoms with Crippen LogP contribution in [0.3, 0.4) is 0 Å². The average Bonchev–Trinajstić information content (AvgIpc) is 2.67. The highest BCUT2D eigenvalue weighted by atomic mass is 32.2. The van der Waals surface area contributed by atoms with Crippen LogP contribution in [-0.2, 0) is 10.0 Å². The van der Waals surface area contributed by atoms with Gasteiger partial charge in [0.15, 0.2) is 0 Å². The summed E-state index contributed by atoms with van der Waals surface area (Å²) >= 11 is 0. The number of nitrogens with one attached hydrogen (secondary N) is 1. The maximum atomic E-state index is 12.4. The van der Waals surface area contributed by atoms with Gasteiger partial charge in [0.05, 0.1) is 12.2 Å². The van der Waals surface area contributed by atoms with Crippen LogP contribution in [0.2, 0.25) is 0 Å². The standard InChI is InChI=1S/C19H24F3N5O2S/c1-14-3-5-16(6-4-14)25-17-13-18(24-15(2)23-17)26-8-10-27(11-9-26)30(28,29)12-7-19(20,21)22/h3-6,13H,7-12H2,1-2H3,(H,23,24,25). The summed E-state index contributed by atoms with van der Waals surface area (Å²) < 4.78 is 62.6. The van der Waals surface area contributed by atoms with E-state index in [0.717, 1.165) is 15.6 Å². The molecule has 11 heteroatoms. The lowest BCUT2D eigenvalue weighted by Gasteiger charge is -2.35. The van der Waals surface area contributed by atoms with Gasteiger partial charge in [0.25, 0.3) is 0 Å². The molecule has 3 rings (SSSR count). The van der Waals surface area contributed by atoms with Gasteiger partial charge in [-0.3, -0.25) is 0 Å². The Labute approximate surface area is 174 Å². The van der Waals surface area contributed by atoms with Gasteiger partial charge in [0.1, 0.15) is 17.5 Å². The molecule has 0 bridgehead atoms. The summed E-state index contributed by atoms with van der Waals surface area (Å²) in [6.07, 6.45) is -5.83. The van der Waals surface area contributed by atoms with Gasteiger partial charge in [-0.15, -0.1) is 0 Å². The first-order valence-electron chi connectivity index (χ1n) is 9.51. The summed E-state index contributed by atoms with van der Waals surface area (Å²) in [5.41, 5.74) is 2.02. The summed E-state index contributed by atoms with van der Waals surface area (Å²) in [6, 6.07) is 9.63. The first kappa shape index (κ1) is 22.3. The fraction of sp³-hybridized carbons (Fsp3) is 0.474. The Morgan fingerprint density at radius 3 is 2.27 bits per heavy atom. The van der Waals surface area contributed by atoms with Gasteiger partial charge >= 0.3 is 6.18 Å². The number of hydrogen-bond acceptors (Lipinski definition) is 6. The Kier molecular flexibility index (Phi) is 6.51. The number of alkyl halides is 3. The van der Waals surface area contributed by atoms with Gasteiger partial charge in [-0.05, 0) is 26.0 Å². The number of benzene rings is 1. The Hall–Kier alpha value is -2.40. The molecule has 0 amide bonds. The minimum atomic E-state index is -4.49. The molecule has 1 aromatic heterocycles. The number of sulfonamides is 1. The Morgan fingerprint density at radius 2 is 1.67 bits per heavy atom. The predicted octanol–water partition coefficient (Wildman–Crippen LogP) is 3.24. The van der Waals surface area contributed by atoms with Crippen LogP contribution in [0.15, 0.2) is 30.3 Å². The summed E-state index contributed by atoms with van der Waals surface area (Å²) in [5, 5.41) is 3.22. The maximum absolute atomic E-state index is 12.4. The van der Waals surface area contributed by atoms with E-state index in [1.165, 1.54) is 0 Å². The van der Waals surface area contributed by atoms with Crippen LogP contribution in [0.4, 0.5) is 30.5 Å². The summed E-state index contributed by atoms with van der Waals surface area (Å²) in [5.74, 6) is 0.890. The largest absolute Gasteiger partial charge is 0.390 e. The van der Waals surface area contributed by atoms with Crippen molar-refractivity contribution in [2.45, 2.75) is 26.4 Å². The maximum Gasteiger partial charge on any atom is 0.390 e. The zero-order valence-corrected chi connectivity index (χ0v) is 17.6. The van der Waals surface area contributed by atoms with E-state index >= 15 is 0 Å². The van der Waals surface area contributed by atoms with Crippen LogP contribution in [-0.4, -0.2) is 60.8 Å². The summed E-state index contributed by atoms with van der Waals surface area (Å²) in [6.45, 7) is 4.67. The molecule has 1 fully saturated rings. The number of anilines is 3. The van der Waals surface area contributed by atoms with Gasteiger partial charge in [0.2, 0.25) is 10.0 Å². The molecule has 1 saturated heterocycles. The van der Waals surface area contributed by atoms with Crippen LogP contribution in [0.1, 0.15) is 17.8 Å². The molecule has 2 heterocycles. The fourth-order valence-electron chi connectivity index (χ4n) is 3.13. The molecule has 30 heavy (non-hydrogen) atoms. The number of rotatable bonds is 6. The first-order chi connectivity index (χ1) is 14.0. The SMILES string of the molecule is Cc1ccc(Nc2cc(N3CCN(S(=O)(=O)CCC(F)(F)F)CC3)nc(C)n2)cc1. The number of hydrogen-bond donors (Lipinski definition) is 1. The number of nitrogens with zero attached hydrogens (tertiary/aromatic N) is 4. The number of piperazine rings is 1. The number of aromatic nitrogens is 2. The van der Waals surface area contributed by atoms with Crippen LogP contribution in [0.5, 0.6) is 0 Å². The molecule has 0 spiro atoms. The highest BCUT2D eigenvalue weighted by Gasteiger charge is 2.34. The van der Waals surface area contributed by atoms with Crippen LogP contribution in [0.25, 0.3) is 0 Å². The van der Waals surface area contributed by atoms with Crippen molar-refractivity contribution >= 4 is 27.3 Å². The smallest absolute Gasteiger partial charge is 0.354 e. The van der Waals surface area contributed by atoms with Gasteiger partial charge in [-0.2, -0.15) is 17.5 Å². The number of halogens is 3. The predicted molar refractivity (Wildman–Crippen MR) is 109 cm³/mol. The lowest BCUT2D eigenvalue weighted by molar-refractivity contribution is -0.130. The van der Waals surface area contributed by atoms with E-state index in [9.17, 15) is 21.6 Å². The van der Waals surface area contributed by atoms with Crippen LogP contribution >= 0.6 is 0 Å². The van der Waals surface area contributed by atoms with Gasteiger partial charge in [0, 0.05) is 37.9 Å². The highest BCUT2D eigenvalue weighted by Crippen LogP contribution is 2.24. The van der Waals surface area contributed by atoms with Crippen molar-refractivity contribution < 1.29 is 21.6 Å². The molecule has 1 aromatic carbocycles. The molecule has 1 N–H and O–H groups in total. The second-order valence-corrected chi connectivity index (χ2v) is 9.31. The van der Waals surface area contributed by atoms with Crippen molar-refractivity contribution in [3.05, 3.63) is 41.7 Å². The van der Waals surface area contributed by atoms with Crippen molar-refractivity contribution in [1.29, 1.82) is 0 Å². The van der Waals surface area contributed by atoms with E-state index in [-0.39, 0.29) is 13.1 Å². The van der Waals surface area contributed by atoms with Gasteiger partial charge in [-0.25, -0.2) is 18.4 Å². The lowest BCUT2D eigenvalue weighted by atomic mass is 10.2. The molecule has 0 radical (unpaired) electrons. The van der Waals surface area contributed by atoms with E-state index in [1.54, 1.807) is 13.0 Å². The Balaban J connectivity index is 1.65. The quantitative estimate of drug-likeness (QED) is 0.739. The molecular formula is C19H24F3N5O2S. The molecule has 2 aromatic rings. The zero-order chi connectivity index (χ0) is 21.9. The summed E-state index contributed by atoms with van der Waals surface area (Å²) in [7, 11) is -3.94. The van der Waals surface area contributed by atoms with E-state index in [2.05, 4.69) is 15.3 Å². The van der Waals surface area contributed by atoms with Crippen LogP contribution < -0.4 is 10.2 Å². The van der Waals surface area contributed by atoms with Crippen molar-refractivity contribution in [1.82, 2.24) is 14.3 Å². The molecule has 0 atom stereocenters. The van der Waals surface area contributed by atoms with E-state index in [0.29, 0.717) is 30.5 Å². The van der Waals surface area contributed by atoms with E-state index in [1.807, 2.05) is 36.1 Å². The third kappa shape index (κ3) is 6.05. The van der Waals surface area contributed by atoms with Crippen molar-refractivity contribution in [3.63, 3.8) is 0 Å². The fourth-order valence-corrected chi connectivity index (χ4v) is 4.60. The Bertz CT molecular complexity index is 973. The molecular weight excluding hydrogens is 419 g/mol. The van der Waals surface area contributed by atoms with Crippen molar-refractivity contribution in [3.8, 4) is 0 Å². The third-order valence-corrected chi connectivity index (χ3v) is 6.62. The molecule has 0 unspecified atom stereocenters. The second kappa shape index (κ2) is 8.76. The Morgan fingerprint density at radius 1 is 1.03 bits per heavy atom. The number of aryl methyl sites for hydroxylation is 2. The molecule has 0 aliphatic carbocycles. The first-order valence-corrected chi connectivity index (χ1v) is 11.1. The second-order valence-electron chi connectivity index (χ2n) is 7.22. The van der Waals surface area contributed by atoms with Crippen LogP contribution in [0, 0.1) is 13.8 Å². The third-order valence-electron chi connectivity index (χ3n) is 4.75. The summed E-state index contributed by atoms with van der Waals surface area (Å²) in [4.78, 5) is 10.7. The molecule has 1 aliphatic rings. The molecule has 0 saturated carbocycles. The van der Waals surface area contributed by atoms with E-state index < -0.39 is 28.4 Å². The normalized spacial score (nSPS) is 16.0. The average molecular weight is 443 g/mol. The molecule has 164 valence electrons. The topological polar surface area (TPSA) is 78.4 Å². The monoisotopic (exact) mass is 443 g/mol. The molecule has 7 nitrogen and oxygen atoms in total. The lowest BCUT2D eigenvalue weighted by Crippen LogP contribution is -2.49. The van der Waals surface area contributed by atoms with Crippen molar-refractivity contribution in [2.75, 3.05) is 42.1 Å².